The van der Waals surface area contributed by atoms with Crippen LogP contribution in [-0.2, 0) is 16.6 Å². The van der Waals surface area contributed by atoms with Crippen molar-refractivity contribution in [3.63, 3.8) is 0 Å². The first-order valence-electron chi connectivity index (χ1n) is 12.6. The average Bonchev–Trinajstić information content (AvgIpc) is 3.36. The number of carbonyl (C=O) groups excluding carboxylic acids is 1. The van der Waals surface area contributed by atoms with Crippen LogP contribution < -0.4 is 14.9 Å². The van der Waals surface area contributed by atoms with Crippen molar-refractivity contribution in [3.8, 4) is 0 Å². The lowest BCUT2D eigenvalue weighted by Gasteiger charge is -2.25. The number of aryl methyl sites for hydroxylation is 1. The molecule has 0 aliphatic carbocycles. The van der Waals surface area contributed by atoms with E-state index >= 15 is 0 Å². The Morgan fingerprint density at radius 3 is 2.53 bits per heavy atom. The number of benzene rings is 3. The van der Waals surface area contributed by atoms with Gasteiger partial charge in [-0.1, -0.05) is 72.0 Å². The molecule has 0 bridgehead atoms. The van der Waals surface area contributed by atoms with Gasteiger partial charge in [0.05, 0.1) is 28.5 Å². The predicted octanol–water partition coefficient (Wildman–Crippen LogP) is 4.75. The van der Waals surface area contributed by atoms with Gasteiger partial charge < -0.3 is 9.30 Å². The number of para-hydroxylation sites is 1. The summed E-state index contributed by atoms with van der Waals surface area (Å²) >= 11 is 1.35. The normalized spacial score (nSPS) is 15.7. The van der Waals surface area contributed by atoms with E-state index in [1.54, 1.807) is 11.5 Å². The second-order valence-electron chi connectivity index (χ2n) is 9.45. The summed E-state index contributed by atoms with van der Waals surface area (Å²) in [5.74, 6) is -0.453. The van der Waals surface area contributed by atoms with E-state index in [9.17, 15) is 9.59 Å². The number of ether oxygens (including phenoxy) is 1. The van der Waals surface area contributed by atoms with Gasteiger partial charge in [0.2, 0.25) is 0 Å². The van der Waals surface area contributed by atoms with Crippen molar-refractivity contribution in [2.24, 2.45) is 12.0 Å². The molecule has 6 rings (SSSR count). The molecule has 0 N–H and O–H groups in total. The Morgan fingerprint density at radius 1 is 1.03 bits per heavy atom. The van der Waals surface area contributed by atoms with Crippen LogP contribution in [0.1, 0.15) is 36.7 Å². The molecular formula is C31H27N3O3S. The molecule has 3 heterocycles. The molecule has 38 heavy (non-hydrogen) atoms. The van der Waals surface area contributed by atoms with Crippen molar-refractivity contribution in [1.82, 2.24) is 9.13 Å². The fourth-order valence-electron chi connectivity index (χ4n) is 5.44. The van der Waals surface area contributed by atoms with E-state index in [-0.39, 0.29) is 12.2 Å². The first kappa shape index (κ1) is 24.1. The molecule has 0 radical (unpaired) electrons. The number of hydrogen-bond acceptors (Lipinski definition) is 5. The SMILES string of the molecule is CCOC(=O)C1=C(C)N=c2s/c(=C/c3c(C)n(C)c4ccccc34)c(=O)n2[C@H]1c1cccc2ccccc12. The third-order valence-corrected chi connectivity index (χ3v) is 8.34. The first-order valence-corrected chi connectivity index (χ1v) is 13.4. The van der Waals surface area contributed by atoms with Crippen LogP contribution in [-0.4, -0.2) is 21.7 Å². The highest BCUT2D eigenvalue weighted by Crippen LogP contribution is 2.35. The second kappa shape index (κ2) is 9.26. The van der Waals surface area contributed by atoms with Crippen molar-refractivity contribution in [1.29, 1.82) is 0 Å². The Kier molecular flexibility index (Phi) is 5.88. The number of allylic oxidation sites excluding steroid dienone is 1. The summed E-state index contributed by atoms with van der Waals surface area (Å²) < 4.78 is 9.84. The van der Waals surface area contributed by atoms with Crippen LogP contribution in [0.2, 0.25) is 0 Å². The fourth-order valence-corrected chi connectivity index (χ4v) is 6.47. The maximum absolute atomic E-state index is 14.1. The number of hydrogen-bond donors (Lipinski definition) is 0. The van der Waals surface area contributed by atoms with Gasteiger partial charge in [-0.25, -0.2) is 9.79 Å². The van der Waals surface area contributed by atoms with Crippen molar-refractivity contribution in [3.05, 3.63) is 115 Å². The van der Waals surface area contributed by atoms with Crippen LogP contribution in [0, 0.1) is 6.92 Å². The van der Waals surface area contributed by atoms with Crippen LogP contribution in [0.3, 0.4) is 0 Å². The molecule has 6 nitrogen and oxygen atoms in total. The predicted molar refractivity (Wildman–Crippen MR) is 152 cm³/mol. The molecule has 0 saturated heterocycles. The van der Waals surface area contributed by atoms with Gasteiger partial charge in [-0.2, -0.15) is 0 Å². The third-order valence-electron chi connectivity index (χ3n) is 7.36. The van der Waals surface area contributed by atoms with Crippen LogP contribution in [0.5, 0.6) is 0 Å². The van der Waals surface area contributed by atoms with Crippen molar-refractivity contribution in [2.75, 3.05) is 6.61 Å². The summed E-state index contributed by atoms with van der Waals surface area (Å²) in [7, 11) is 2.03. The molecule has 0 saturated carbocycles. The minimum Gasteiger partial charge on any atom is -0.463 e. The van der Waals surface area contributed by atoms with Crippen LogP contribution in [0.25, 0.3) is 27.8 Å². The van der Waals surface area contributed by atoms with Gasteiger partial charge in [-0.15, -0.1) is 0 Å². The van der Waals surface area contributed by atoms with Crippen molar-refractivity contribution >= 4 is 45.1 Å². The molecule has 0 amide bonds. The molecular weight excluding hydrogens is 494 g/mol. The van der Waals surface area contributed by atoms with Crippen molar-refractivity contribution in [2.45, 2.75) is 26.8 Å². The molecule has 5 aromatic rings. The minimum absolute atomic E-state index is 0.173. The maximum Gasteiger partial charge on any atom is 0.338 e. The van der Waals surface area contributed by atoms with Crippen molar-refractivity contribution < 1.29 is 9.53 Å². The van der Waals surface area contributed by atoms with Gasteiger partial charge in [-0.05, 0) is 49.2 Å². The maximum atomic E-state index is 14.1. The first-order chi connectivity index (χ1) is 18.4. The van der Waals surface area contributed by atoms with E-state index in [1.165, 1.54) is 11.3 Å². The van der Waals surface area contributed by atoms with E-state index in [2.05, 4.69) is 23.6 Å². The van der Waals surface area contributed by atoms with Gasteiger partial charge in [-0.3, -0.25) is 9.36 Å². The quantitative estimate of drug-likeness (QED) is 0.321. The second-order valence-corrected chi connectivity index (χ2v) is 10.5. The topological polar surface area (TPSA) is 65.6 Å². The van der Waals surface area contributed by atoms with Gasteiger partial charge in [0.1, 0.15) is 0 Å². The summed E-state index contributed by atoms with van der Waals surface area (Å²) in [5, 5.41) is 3.11. The molecule has 3 aromatic carbocycles. The number of fused-ring (bicyclic) bond motifs is 3. The zero-order valence-corrected chi connectivity index (χ0v) is 22.5. The number of aromatic nitrogens is 2. The lowest BCUT2D eigenvalue weighted by Crippen LogP contribution is -2.40. The van der Waals surface area contributed by atoms with Gasteiger partial charge >= 0.3 is 5.97 Å². The van der Waals surface area contributed by atoms with Gasteiger partial charge in [0, 0.05) is 29.2 Å². The molecule has 0 fully saturated rings. The van der Waals surface area contributed by atoms with Gasteiger partial charge in [0.15, 0.2) is 4.80 Å². The Labute approximate surface area is 223 Å². The number of carbonyl (C=O) groups is 1. The number of thiazole rings is 1. The Bertz CT molecular complexity index is 1970. The Hall–Kier alpha value is -4.23. The number of rotatable bonds is 4. The average molecular weight is 522 g/mol. The molecule has 7 heteroatoms. The summed E-state index contributed by atoms with van der Waals surface area (Å²) in [6.45, 7) is 5.90. The number of esters is 1. The zero-order valence-electron chi connectivity index (χ0n) is 21.7. The highest BCUT2D eigenvalue weighted by molar-refractivity contribution is 7.07. The van der Waals surface area contributed by atoms with Crippen LogP contribution >= 0.6 is 11.3 Å². The summed E-state index contributed by atoms with van der Waals surface area (Å²) in [6, 6.07) is 21.5. The Balaban J connectivity index is 1.65. The van der Waals surface area contributed by atoms with Gasteiger partial charge in [0.25, 0.3) is 5.56 Å². The molecule has 0 unspecified atom stereocenters. The molecule has 190 valence electrons. The van der Waals surface area contributed by atoms with E-state index in [1.807, 2.05) is 74.6 Å². The summed E-state index contributed by atoms with van der Waals surface area (Å²) in [5.41, 5.74) is 4.85. The largest absolute Gasteiger partial charge is 0.463 e. The van der Waals surface area contributed by atoms with Crippen LogP contribution in [0.15, 0.2) is 87.8 Å². The number of nitrogens with zero attached hydrogens (tertiary/aromatic N) is 3. The minimum atomic E-state index is -0.646. The monoisotopic (exact) mass is 521 g/mol. The van der Waals surface area contributed by atoms with E-state index in [0.29, 0.717) is 20.6 Å². The lowest BCUT2D eigenvalue weighted by atomic mass is 9.91. The van der Waals surface area contributed by atoms with E-state index < -0.39 is 12.0 Å². The highest BCUT2D eigenvalue weighted by Gasteiger charge is 2.34. The zero-order chi connectivity index (χ0) is 26.6. The van der Waals surface area contributed by atoms with E-state index in [0.717, 1.165) is 38.5 Å². The molecule has 2 aromatic heterocycles. The molecule has 1 aliphatic rings. The van der Waals surface area contributed by atoms with Crippen LogP contribution in [0.4, 0.5) is 0 Å². The fraction of sp³-hybridized carbons (Fsp3) is 0.194. The molecule has 1 atom stereocenters. The molecule has 1 aliphatic heterocycles. The lowest BCUT2D eigenvalue weighted by molar-refractivity contribution is -0.139. The van der Waals surface area contributed by atoms with E-state index in [4.69, 9.17) is 9.73 Å². The highest BCUT2D eigenvalue weighted by atomic mass is 32.1. The smallest absolute Gasteiger partial charge is 0.338 e. The summed E-state index contributed by atoms with van der Waals surface area (Å²) in [4.78, 5) is 32.7. The molecule has 0 spiro atoms. The standard InChI is InChI=1S/C31H27N3O3S/c1-5-37-30(36)27-18(2)32-31-34(28(27)23-15-10-12-20-11-6-7-13-21(20)23)29(35)26(38-31)17-24-19(3)33(4)25-16-9-8-14-22(24)25/h6-17,28H,5H2,1-4H3/b26-17+/t28-/m0/s1. The third kappa shape index (κ3) is 3.65. The Morgan fingerprint density at radius 2 is 1.74 bits per heavy atom. The summed E-state index contributed by atoms with van der Waals surface area (Å²) in [6.07, 6.45) is 1.96.